The van der Waals surface area contributed by atoms with Gasteiger partial charge in [-0.1, -0.05) is 29.8 Å². The fourth-order valence-corrected chi connectivity index (χ4v) is 3.38. The molecule has 27 heavy (non-hydrogen) atoms. The van der Waals surface area contributed by atoms with Gasteiger partial charge < -0.3 is 10.2 Å². The van der Waals surface area contributed by atoms with Crippen LogP contribution < -0.4 is 16.6 Å². The highest BCUT2D eigenvalue weighted by Crippen LogP contribution is 2.28. The third-order valence-corrected chi connectivity index (χ3v) is 4.77. The Labute approximate surface area is 155 Å². The van der Waals surface area contributed by atoms with Crippen molar-refractivity contribution in [1.82, 2.24) is 19.8 Å². The Morgan fingerprint density at radius 3 is 2.48 bits per heavy atom. The van der Waals surface area contributed by atoms with Crippen molar-refractivity contribution in [2.45, 2.75) is 32.4 Å². The first-order valence-electron chi connectivity index (χ1n) is 8.74. The van der Waals surface area contributed by atoms with E-state index >= 15 is 0 Å². The van der Waals surface area contributed by atoms with Crippen molar-refractivity contribution in [3.63, 3.8) is 0 Å². The number of aromatic nitrogens is 2. The molecule has 3 rings (SSSR count). The second-order valence-electron chi connectivity index (χ2n) is 6.86. The van der Waals surface area contributed by atoms with Crippen LogP contribution in [0.1, 0.15) is 24.0 Å². The Hall–Kier alpha value is -3.16. The summed E-state index contributed by atoms with van der Waals surface area (Å²) in [6, 6.07) is 9.04. The molecule has 1 aromatic heterocycles. The Kier molecular flexibility index (Phi) is 5.25. The lowest BCUT2D eigenvalue weighted by atomic mass is 9.93. The van der Waals surface area contributed by atoms with Crippen molar-refractivity contribution >= 4 is 11.8 Å². The number of carbonyl (C=O) groups excluding carboxylic acids is 2. The highest BCUT2D eigenvalue weighted by molar-refractivity contribution is 5.77. The van der Waals surface area contributed by atoms with Crippen LogP contribution in [-0.2, 0) is 16.1 Å². The third kappa shape index (κ3) is 4.33. The molecular weight excluding hydrogens is 348 g/mol. The summed E-state index contributed by atoms with van der Waals surface area (Å²) in [5, 5.41) is 2.92. The van der Waals surface area contributed by atoms with Crippen LogP contribution >= 0.6 is 0 Å². The van der Waals surface area contributed by atoms with Gasteiger partial charge in [-0.2, -0.15) is 0 Å². The van der Waals surface area contributed by atoms with E-state index in [9.17, 15) is 19.2 Å². The first kappa shape index (κ1) is 18.6. The molecular formula is C19H22N4O4. The van der Waals surface area contributed by atoms with Crippen LogP contribution in [0.2, 0.25) is 0 Å². The van der Waals surface area contributed by atoms with Crippen molar-refractivity contribution in [2.75, 3.05) is 13.1 Å². The van der Waals surface area contributed by atoms with Crippen LogP contribution in [0.15, 0.2) is 46.1 Å². The molecule has 8 heteroatoms. The number of hydrogen-bond acceptors (Lipinski definition) is 4. The van der Waals surface area contributed by atoms with Gasteiger partial charge in [-0.05, 0) is 12.5 Å². The molecule has 0 radical (unpaired) electrons. The van der Waals surface area contributed by atoms with E-state index in [1.807, 2.05) is 31.2 Å². The molecule has 0 bridgehead atoms. The van der Waals surface area contributed by atoms with E-state index in [4.69, 9.17) is 0 Å². The van der Waals surface area contributed by atoms with Crippen LogP contribution in [-0.4, -0.2) is 45.4 Å². The largest absolute Gasteiger partial charge is 0.351 e. The smallest absolute Gasteiger partial charge is 0.328 e. The van der Waals surface area contributed by atoms with Crippen LogP contribution in [0.3, 0.4) is 0 Å². The van der Waals surface area contributed by atoms with Gasteiger partial charge in [-0.25, -0.2) is 4.79 Å². The molecule has 142 valence electrons. The SMILES string of the molecule is CC(=O)N[C@@H]1CN(C(=O)Cn2ccc(=O)[nH]c2=O)C[C@H]1c1ccc(C)cc1. The van der Waals surface area contributed by atoms with Crippen LogP contribution in [0, 0.1) is 6.92 Å². The second kappa shape index (κ2) is 7.61. The van der Waals surface area contributed by atoms with Crippen molar-refractivity contribution in [2.24, 2.45) is 0 Å². The summed E-state index contributed by atoms with van der Waals surface area (Å²) in [5.74, 6) is -0.414. The molecule has 2 heterocycles. The number of carbonyl (C=O) groups is 2. The molecule has 1 aromatic carbocycles. The van der Waals surface area contributed by atoms with Crippen LogP contribution in [0.25, 0.3) is 0 Å². The summed E-state index contributed by atoms with van der Waals surface area (Å²) in [6.45, 7) is 4.11. The minimum absolute atomic E-state index is 0.0225. The van der Waals surface area contributed by atoms with Gasteiger partial charge in [0.25, 0.3) is 5.56 Å². The topological polar surface area (TPSA) is 104 Å². The van der Waals surface area contributed by atoms with Crippen LogP contribution in [0.5, 0.6) is 0 Å². The molecule has 1 saturated heterocycles. The number of likely N-dealkylation sites (tertiary alicyclic amines) is 1. The lowest BCUT2D eigenvalue weighted by Gasteiger charge is -2.19. The first-order valence-corrected chi connectivity index (χ1v) is 8.74. The van der Waals surface area contributed by atoms with Gasteiger partial charge in [-0.3, -0.25) is 23.9 Å². The van der Waals surface area contributed by atoms with Gasteiger partial charge >= 0.3 is 5.69 Å². The maximum Gasteiger partial charge on any atom is 0.328 e. The number of aromatic amines is 1. The standard InChI is InChI=1S/C19H22N4O4/c1-12-3-5-14(6-4-12)15-9-23(10-16(15)20-13(2)24)18(26)11-22-8-7-17(25)21-19(22)27/h3-8,15-16H,9-11H2,1-2H3,(H,20,24)(H,21,25,27)/t15-,16+/m0/s1. The number of rotatable bonds is 4. The van der Waals surface area contributed by atoms with Crippen molar-refractivity contribution < 1.29 is 9.59 Å². The molecule has 1 aliphatic heterocycles. The summed E-state index contributed by atoms with van der Waals surface area (Å²) in [6.07, 6.45) is 1.30. The minimum atomic E-state index is -0.622. The molecule has 0 aliphatic carbocycles. The van der Waals surface area contributed by atoms with E-state index in [2.05, 4.69) is 10.3 Å². The van der Waals surface area contributed by atoms with Gasteiger partial charge in [-0.15, -0.1) is 0 Å². The molecule has 0 saturated carbocycles. The number of hydrogen-bond donors (Lipinski definition) is 2. The number of amides is 2. The minimum Gasteiger partial charge on any atom is -0.351 e. The van der Waals surface area contributed by atoms with E-state index in [0.717, 1.165) is 15.7 Å². The normalized spacial score (nSPS) is 19.1. The van der Waals surface area contributed by atoms with Gasteiger partial charge in [0.2, 0.25) is 11.8 Å². The fraction of sp³-hybridized carbons (Fsp3) is 0.368. The van der Waals surface area contributed by atoms with Crippen molar-refractivity contribution in [3.05, 3.63) is 68.5 Å². The van der Waals surface area contributed by atoms with Crippen molar-refractivity contribution in [1.29, 1.82) is 0 Å². The summed E-state index contributed by atoms with van der Waals surface area (Å²) in [7, 11) is 0. The summed E-state index contributed by atoms with van der Waals surface area (Å²) in [5.41, 5.74) is 1.06. The molecule has 0 unspecified atom stereocenters. The maximum absolute atomic E-state index is 12.7. The Bertz CT molecular complexity index is 961. The number of nitrogens with zero attached hydrogens (tertiary/aromatic N) is 2. The van der Waals surface area contributed by atoms with Gasteiger partial charge in [0, 0.05) is 38.2 Å². The van der Waals surface area contributed by atoms with Gasteiger partial charge in [0.1, 0.15) is 6.54 Å². The average Bonchev–Trinajstić information content (AvgIpc) is 3.01. The zero-order valence-corrected chi connectivity index (χ0v) is 15.3. The van der Waals surface area contributed by atoms with Gasteiger partial charge in [0.05, 0.1) is 6.04 Å². The highest BCUT2D eigenvalue weighted by atomic mass is 16.2. The van der Waals surface area contributed by atoms with E-state index in [-0.39, 0.29) is 30.3 Å². The molecule has 2 atom stereocenters. The Morgan fingerprint density at radius 1 is 1.15 bits per heavy atom. The molecule has 2 aromatic rings. The summed E-state index contributed by atoms with van der Waals surface area (Å²) in [4.78, 5) is 51.0. The monoisotopic (exact) mass is 370 g/mol. The first-order chi connectivity index (χ1) is 12.8. The molecule has 8 nitrogen and oxygen atoms in total. The van der Waals surface area contributed by atoms with E-state index in [1.165, 1.54) is 19.2 Å². The molecule has 1 fully saturated rings. The lowest BCUT2D eigenvalue weighted by Crippen LogP contribution is -2.40. The van der Waals surface area contributed by atoms with Crippen LogP contribution in [0.4, 0.5) is 0 Å². The number of benzene rings is 1. The highest BCUT2D eigenvalue weighted by Gasteiger charge is 2.36. The summed E-state index contributed by atoms with van der Waals surface area (Å²) < 4.78 is 1.16. The van der Waals surface area contributed by atoms with Gasteiger partial charge in [0.15, 0.2) is 0 Å². The molecule has 1 aliphatic rings. The third-order valence-electron chi connectivity index (χ3n) is 4.77. The van der Waals surface area contributed by atoms with E-state index < -0.39 is 11.2 Å². The molecule has 0 spiro atoms. The second-order valence-corrected chi connectivity index (χ2v) is 6.86. The number of aryl methyl sites for hydroxylation is 1. The average molecular weight is 370 g/mol. The molecule has 2 amide bonds. The zero-order chi connectivity index (χ0) is 19.6. The fourth-order valence-electron chi connectivity index (χ4n) is 3.38. The Morgan fingerprint density at radius 2 is 1.85 bits per heavy atom. The van der Waals surface area contributed by atoms with Crippen molar-refractivity contribution in [3.8, 4) is 0 Å². The predicted octanol–water partition coefficient (Wildman–Crippen LogP) is -0.0243. The zero-order valence-electron chi connectivity index (χ0n) is 15.3. The number of nitrogens with one attached hydrogen (secondary N) is 2. The van der Waals surface area contributed by atoms with E-state index in [0.29, 0.717) is 13.1 Å². The maximum atomic E-state index is 12.7. The van der Waals surface area contributed by atoms with E-state index in [1.54, 1.807) is 4.90 Å². The summed E-state index contributed by atoms with van der Waals surface area (Å²) >= 11 is 0. The number of H-pyrrole nitrogens is 1. The Balaban J connectivity index is 1.78. The molecule has 2 N–H and O–H groups in total. The predicted molar refractivity (Wildman–Crippen MR) is 99.4 cm³/mol. The quantitative estimate of drug-likeness (QED) is 0.789. The lowest BCUT2D eigenvalue weighted by molar-refractivity contribution is -0.131.